The molecule has 0 fully saturated rings. The van der Waals surface area contributed by atoms with Gasteiger partial charge in [0.2, 0.25) is 0 Å². The van der Waals surface area contributed by atoms with Crippen LogP contribution in [0.25, 0.3) is 109 Å². The van der Waals surface area contributed by atoms with Crippen molar-refractivity contribution in [1.82, 2.24) is 15.0 Å². The average Bonchev–Trinajstić information content (AvgIpc) is 3.68. The van der Waals surface area contributed by atoms with Crippen LogP contribution in [0.2, 0.25) is 0 Å². The fourth-order valence-corrected chi connectivity index (χ4v) is 9.30. The first-order chi connectivity index (χ1) is 28.2. The van der Waals surface area contributed by atoms with E-state index < -0.39 is 0 Å². The molecule has 0 spiro atoms. The molecular weight excluding hydrogens is 711 g/mol. The zero-order valence-electron chi connectivity index (χ0n) is 30.8. The molecule has 0 aliphatic carbocycles. The Morgan fingerprint density at radius 1 is 0.281 bits per heavy atom. The van der Waals surface area contributed by atoms with Crippen molar-refractivity contribution in [1.29, 1.82) is 0 Å². The highest BCUT2D eigenvalue weighted by molar-refractivity contribution is 7.26. The lowest BCUT2D eigenvalue weighted by atomic mass is 9.93. The maximum Gasteiger partial charge on any atom is 0.165 e. The van der Waals surface area contributed by atoms with Crippen molar-refractivity contribution in [2.24, 2.45) is 0 Å². The molecule has 0 N–H and O–H groups in total. The Morgan fingerprint density at radius 3 is 1.67 bits per heavy atom. The zero-order chi connectivity index (χ0) is 37.7. The third-order valence-corrected chi connectivity index (χ3v) is 12.2. The SMILES string of the molecule is c1ccc(-c2cccc(-c3ccc(-c4nc(-c5ccc(-c6ccc7ccccc7c6)cc5)nc(-c5cccc6c5sc5ccccc56)n4)c4ccccc34)c2)cc1. The maximum atomic E-state index is 5.30. The van der Waals surface area contributed by atoms with Crippen LogP contribution in [0.5, 0.6) is 0 Å². The van der Waals surface area contributed by atoms with Gasteiger partial charge in [0.15, 0.2) is 17.5 Å². The molecule has 2 aromatic heterocycles. The van der Waals surface area contributed by atoms with Gasteiger partial charge in [0.05, 0.1) is 0 Å². The van der Waals surface area contributed by atoms with Crippen LogP contribution in [0.3, 0.4) is 0 Å². The van der Waals surface area contributed by atoms with Crippen LogP contribution in [0.15, 0.2) is 200 Å². The second-order valence-corrected chi connectivity index (χ2v) is 15.4. The van der Waals surface area contributed by atoms with Crippen LogP contribution in [-0.4, -0.2) is 15.0 Å². The van der Waals surface area contributed by atoms with Gasteiger partial charge in [-0.05, 0) is 85.3 Å². The van der Waals surface area contributed by atoms with E-state index in [4.69, 9.17) is 15.0 Å². The van der Waals surface area contributed by atoms with Gasteiger partial charge in [0, 0.05) is 36.9 Å². The first-order valence-corrected chi connectivity index (χ1v) is 20.0. The van der Waals surface area contributed by atoms with E-state index in [1.807, 2.05) is 0 Å². The van der Waals surface area contributed by atoms with Gasteiger partial charge in [-0.15, -0.1) is 11.3 Å². The number of thiophene rings is 1. The second-order valence-electron chi connectivity index (χ2n) is 14.4. The largest absolute Gasteiger partial charge is 0.208 e. The van der Waals surface area contributed by atoms with Crippen LogP contribution in [0.1, 0.15) is 0 Å². The van der Waals surface area contributed by atoms with E-state index in [-0.39, 0.29) is 0 Å². The summed E-state index contributed by atoms with van der Waals surface area (Å²) in [6.45, 7) is 0. The monoisotopic (exact) mass is 743 g/mol. The van der Waals surface area contributed by atoms with E-state index in [1.165, 1.54) is 58.8 Å². The molecule has 0 aliphatic rings. The standard InChI is InChI=1S/C53H33N3S/c1-2-12-34(13-3-1)39-16-10-17-41(33-39)42-30-31-47(44-19-7-6-18-43(42)44)52-54-51(37-27-24-36(25-28-37)40-29-26-35-14-4-5-15-38(35)32-40)55-53(56-52)48-22-11-21-46-45-20-8-9-23-49(45)57-50(46)48/h1-33H. The van der Waals surface area contributed by atoms with E-state index >= 15 is 0 Å². The Hall–Kier alpha value is -7.27. The molecule has 0 amide bonds. The molecule has 9 aromatic carbocycles. The number of rotatable bonds is 6. The molecule has 0 aliphatic heterocycles. The minimum absolute atomic E-state index is 0.641. The van der Waals surface area contributed by atoms with Crippen LogP contribution in [0, 0.1) is 0 Å². The number of fused-ring (bicyclic) bond motifs is 5. The summed E-state index contributed by atoms with van der Waals surface area (Å²) in [6.07, 6.45) is 0. The number of benzene rings is 9. The Balaban J connectivity index is 1.08. The minimum Gasteiger partial charge on any atom is -0.208 e. The Bertz CT molecular complexity index is 3290. The van der Waals surface area contributed by atoms with E-state index in [0.29, 0.717) is 17.5 Å². The number of hydrogen-bond acceptors (Lipinski definition) is 4. The molecular formula is C53H33N3S. The second kappa shape index (κ2) is 13.8. The summed E-state index contributed by atoms with van der Waals surface area (Å²) in [7, 11) is 0. The molecule has 0 bridgehead atoms. The fourth-order valence-electron chi connectivity index (χ4n) is 8.09. The van der Waals surface area contributed by atoms with Crippen molar-refractivity contribution in [3.63, 3.8) is 0 Å². The zero-order valence-corrected chi connectivity index (χ0v) is 31.6. The topological polar surface area (TPSA) is 38.7 Å². The fraction of sp³-hybridized carbons (Fsp3) is 0. The number of aromatic nitrogens is 3. The summed E-state index contributed by atoms with van der Waals surface area (Å²) >= 11 is 1.79. The summed E-state index contributed by atoms with van der Waals surface area (Å²) in [5.74, 6) is 1.95. The van der Waals surface area contributed by atoms with Gasteiger partial charge >= 0.3 is 0 Å². The highest BCUT2D eigenvalue weighted by Crippen LogP contribution is 2.41. The number of hydrogen-bond donors (Lipinski definition) is 0. The molecule has 11 rings (SSSR count). The quantitative estimate of drug-likeness (QED) is 0.170. The molecule has 11 aromatic rings. The predicted octanol–water partition coefficient (Wildman–Crippen LogP) is 14.5. The molecule has 0 atom stereocenters. The first kappa shape index (κ1) is 33.1. The maximum absolute atomic E-state index is 5.30. The summed E-state index contributed by atoms with van der Waals surface area (Å²) in [5, 5.41) is 7.16. The van der Waals surface area contributed by atoms with Crippen LogP contribution >= 0.6 is 11.3 Å². The van der Waals surface area contributed by atoms with Crippen LogP contribution < -0.4 is 0 Å². The summed E-state index contributed by atoms with van der Waals surface area (Å²) in [4.78, 5) is 15.8. The van der Waals surface area contributed by atoms with Crippen molar-refractivity contribution >= 4 is 53.1 Å². The highest BCUT2D eigenvalue weighted by atomic mass is 32.1. The molecule has 0 radical (unpaired) electrons. The first-order valence-electron chi connectivity index (χ1n) is 19.2. The summed E-state index contributed by atoms with van der Waals surface area (Å²) in [5.41, 5.74) is 9.95. The van der Waals surface area contributed by atoms with Crippen molar-refractivity contribution in [3.05, 3.63) is 200 Å². The Morgan fingerprint density at radius 2 is 0.825 bits per heavy atom. The van der Waals surface area contributed by atoms with Crippen LogP contribution in [-0.2, 0) is 0 Å². The molecule has 3 nitrogen and oxygen atoms in total. The van der Waals surface area contributed by atoms with Crippen molar-refractivity contribution in [2.75, 3.05) is 0 Å². The average molecular weight is 744 g/mol. The normalized spacial score (nSPS) is 11.5. The smallest absolute Gasteiger partial charge is 0.165 e. The molecule has 0 saturated heterocycles. The Kier molecular flexibility index (Phi) is 8.01. The van der Waals surface area contributed by atoms with Gasteiger partial charge in [0.25, 0.3) is 0 Å². The lowest BCUT2D eigenvalue weighted by Gasteiger charge is -2.14. The molecule has 57 heavy (non-hydrogen) atoms. The predicted molar refractivity (Wildman–Crippen MR) is 240 cm³/mol. The van der Waals surface area contributed by atoms with Crippen molar-refractivity contribution in [2.45, 2.75) is 0 Å². The lowest BCUT2D eigenvalue weighted by Crippen LogP contribution is -2.01. The molecule has 2 heterocycles. The highest BCUT2D eigenvalue weighted by Gasteiger charge is 2.19. The molecule has 0 saturated carbocycles. The Labute approximate surface area is 334 Å². The van der Waals surface area contributed by atoms with Gasteiger partial charge in [-0.25, -0.2) is 15.0 Å². The van der Waals surface area contributed by atoms with E-state index in [9.17, 15) is 0 Å². The van der Waals surface area contributed by atoms with Gasteiger partial charge in [-0.2, -0.15) is 0 Å². The third kappa shape index (κ3) is 5.95. The van der Waals surface area contributed by atoms with Gasteiger partial charge in [-0.1, -0.05) is 170 Å². The van der Waals surface area contributed by atoms with Gasteiger partial charge in [-0.3, -0.25) is 0 Å². The molecule has 0 unspecified atom stereocenters. The van der Waals surface area contributed by atoms with E-state index in [1.54, 1.807) is 11.3 Å². The lowest BCUT2D eigenvalue weighted by molar-refractivity contribution is 1.08. The van der Waals surface area contributed by atoms with Crippen molar-refractivity contribution < 1.29 is 0 Å². The summed E-state index contributed by atoms with van der Waals surface area (Å²) in [6, 6.07) is 71.1. The van der Waals surface area contributed by atoms with Gasteiger partial charge < -0.3 is 0 Å². The number of nitrogens with zero attached hydrogens (tertiary/aromatic N) is 3. The summed E-state index contributed by atoms with van der Waals surface area (Å²) < 4.78 is 2.42. The van der Waals surface area contributed by atoms with Crippen LogP contribution in [0.4, 0.5) is 0 Å². The van der Waals surface area contributed by atoms with E-state index in [2.05, 4.69) is 200 Å². The van der Waals surface area contributed by atoms with Crippen molar-refractivity contribution in [3.8, 4) is 67.5 Å². The molecule has 4 heteroatoms. The molecule has 266 valence electrons. The van der Waals surface area contributed by atoms with Gasteiger partial charge in [0.1, 0.15) is 0 Å². The minimum atomic E-state index is 0.641. The third-order valence-electron chi connectivity index (χ3n) is 11.0. The van der Waals surface area contributed by atoms with E-state index in [0.717, 1.165) is 33.0 Å².